The van der Waals surface area contributed by atoms with Crippen LogP contribution in [0.4, 0.5) is 0 Å². The molecule has 1 saturated heterocycles. The number of amides is 1. The second kappa shape index (κ2) is 3.66. The van der Waals surface area contributed by atoms with Crippen molar-refractivity contribution in [3.8, 4) is 0 Å². The van der Waals surface area contributed by atoms with Crippen LogP contribution in [0.1, 0.15) is 18.4 Å². The minimum atomic E-state index is 0.130. The van der Waals surface area contributed by atoms with Crippen molar-refractivity contribution in [3.63, 3.8) is 0 Å². The fourth-order valence-corrected chi connectivity index (χ4v) is 1.73. The summed E-state index contributed by atoms with van der Waals surface area (Å²) in [6, 6.07) is 10.1. The maximum Gasteiger partial charge on any atom is 0.220 e. The Balaban J connectivity index is 2.13. The van der Waals surface area contributed by atoms with Crippen LogP contribution in [0.3, 0.4) is 0 Å². The van der Waals surface area contributed by atoms with Crippen molar-refractivity contribution in [1.82, 2.24) is 5.32 Å². The summed E-state index contributed by atoms with van der Waals surface area (Å²) in [7, 11) is 0. The number of carbonyl (C=O) groups excluding carboxylic acids is 1. The molecule has 0 radical (unpaired) electrons. The molecule has 1 atom stereocenters. The number of benzene rings is 1. The Morgan fingerprint density at radius 2 is 2.07 bits per heavy atom. The van der Waals surface area contributed by atoms with Crippen LogP contribution in [0.15, 0.2) is 36.9 Å². The van der Waals surface area contributed by atoms with E-state index in [4.69, 9.17) is 0 Å². The molecule has 2 heteroatoms. The first-order chi connectivity index (χ1) is 6.77. The minimum Gasteiger partial charge on any atom is -0.349 e. The number of nitrogens with one attached hydrogen (secondary N) is 1. The van der Waals surface area contributed by atoms with Gasteiger partial charge in [-0.15, -0.1) is 0 Å². The third-order valence-corrected chi connectivity index (χ3v) is 2.56. The van der Waals surface area contributed by atoms with Gasteiger partial charge in [-0.3, -0.25) is 4.79 Å². The van der Waals surface area contributed by atoms with Crippen LogP contribution in [-0.2, 0) is 4.79 Å². The second-order valence-electron chi connectivity index (χ2n) is 3.55. The molecule has 1 aromatic rings. The summed E-state index contributed by atoms with van der Waals surface area (Å²) in [5.41, 5.74) is 2.12. The monoisotopic (exact) mass is 187 g/mol. The summed E-state index contributed by atoms with van der Waals surface area (Å²) in [6.07, 6.45) is 1.49. The van der Waals surface area contributed by atoms with Gasteiger partial charge in [0.25, 0.3) is 0 Å². The third kappa shape index (κ3) is 1.69. The highest BCUT2D eigenvalue weighted by Gasteiger charge is 2.23. The molecule has 1 aromatic carbocycles. The van der Waals surface area contributed by atoms with Crippen LogP contribution in [0.2, 0.25) is 0 Å². The molecule has 0 spiro atoms. The zero-order valence-electron chi connectivity index (χ0n) is 7.99. The number of hydrogen-bond acceptors (Lipinski definition) is 1. The molecular weight excluding hydrogens is 174 g/mol. The number of hydrogen-bond donors (Lipinski definition) is 1. The van der Waals surface area contributed by atoms with Gasteiger partial charge < -0.3 is 5.32 Å². The predicted octanol–water partition coefficient (Wildman–Crippen LogP) is 1.98. The lowest BCUT2D eigenvalue weighted by Gasteiger charge is -2.13. The lowest BCUT2D eigenvalue weighted by Crippen LogP contribution is -2.25. The first-order valence-corrected chi connectivity index (χ1v) is 4.81. The first-order valence-electron chi connectivity index (χ1n) is 4.81. The molecule has 0 bridgehead atoms. The SMILES string of the molecule is C=C(c1ccccc1)C1CCC(=O)N1. The highest BCUT2D eigenvalue weighted by molar-refractivity contribution is 5.83. The second-order valence-corrected chi connectivity index (χ2v) is 3.55. The van der Waals surface area contributed by atoms with E-state index < -0.39 is 0 Å². The van der Waals surface area contributed by atoms with Gasteiger partial charge in [0.15, 0.2) is 0 Å². The van der Waals surface area contributed by atoms with E-state index >= 15 is 0 Å². The summed E-state index contributed by atoms with van der Waals surface area (Å²) >= 11 is 0. The smallest absolute Gasteiger partial charge is 0.220 e. The van der Waals surface area contributed by atoms with Gasteiger partial charge in [0, 0.05) is 6.42 Å². The first kappa shape index (κ1) is 9.00. The van der Waals surface area contributed by atoms with E-state index in [2.05, 4.69) is 11.9 Å². The van der Waals surface area contributed by atoms with Crippen LogP contribution in [0, 0.1) is 0 Å². The zero-order chi connectivity index (χ0) is 9.97. The molecule has 1 N–H and O–H groups in total. The van der Waals surface area contributed by atoms with Gasteiger partial charge in [-0.25, -0.2) is 0 Å². The summed E-state index contributed by atoms with van der Waals surface area (Å²) in [5, 5.41) is 2.91. The molecule has 2 rings (SSSR count). The Bertz CT molecular complexity index is 356. The predicted molar refractivity (Wildman–Crippen MR) is 56.6 cm³/mol. The lowest BCUT2D eigenvalue weighted by molar-refractivity contribution is -0.119. The van der Waals surface area contributed by atoms with Gasteiger partial charge in [0.2, 0.25) is 5.91 Å². The van der Waals surface area contributed by atoms with E-state index in [1.54, 1.807) is 0 Å². The standard InChI is InChI=1S/C12H13NO/c1-9(10-5-3-2-4-6-10)11-7-8-12(14)13-11/h2-6,11H,1,7-8H2,(H,13,14). The van der Waals surface area contributed by atoms with E-state index in [1.807, 2.05) is 30.3 Å². The zero-order valence-corrected chi connectivity index (χ0v) is 7.99. The van der Waals surface area contributed by atoms with Crippen LogP contribution in [0.25, 0.3) is 5.57 Å². The molecule has 0 aliphatic carbocycles. The van der Waals surface area contributed by atoms with Gasteiger partial charge in [-0.05, 0) is 17.6 Å². The molecular formula is C12H13NO. The Morgan fingerprint density at radius 1 is 1.36 bits per heavy atom. The number of rotatable bonds is 2. The van der Waals surface area contributed by atoms with Crippen molar-refractivity contribution in [1.29, 1.82) is 0 Å². The summed E-state index contributed by atoms with van der Waals surface area (Å²) in [5.74, 6) is 0.132. The molecule has 2 nitrogen and oxygen atoms in total. The van der Waals surface area contributed by atoms with Crippen LogP contribution in [0.5, 0.6) is 0 Å². The van der Waals surface area contributed by atoms with E-state index in [1.165, 1.54) is 0 Å². The summed E-state index contributed by atoms with van der Waals surface area (Å²) < 4.78 is 0. The highest BCUT2D eigenvalue weighted by atomic mass is 16.1. The van der Waals surface area contributed by atoms with Gasteiger partial charge in [-0.1, -0.05) is 36.9 Å². The molecule has 1 unspecified atom stereocenters. The molecule has 1 heterocycles. The van der Waals surface area contributed by atoms with E-state index in [9.17, 15) is 4.79 Å². The summed E-state index contributed by atoms with van der Waals surface area (Å²) in [4.78, 5) is 11.0. The maximum absolute atomic E-state index is 11.0. The van der Waals surface area contributed by atoms with Gasteiger partial charge in [-0.2, -0.15) is 0 Å². The number of carbonyl (C=O) groups is 1. The quantitative estimate of drug-likeness (QED) is 0.753. The Kier molecular flexibility index (Phi) is 2.35. The molecule has 0 aromatic heterocycles. The van der Waals surface area contributed by atoms with E-state index in [0.29, 0.717) is 6.42 Å². The molecule has 1 amide bonds. The van der Waals surface area contributed by atoms with Crippen molar-refractivity contribution in [2.75, 3.05) is 0 Å². The Labute approximate surface area is 83.6 Å². The average Bonchev–Trinajstić information content (AvgIpc) is 2.65. The molecule has 1 aliphatic rings. The normalized spacial score (nSPS) is 20.6. The van der Waals surface area contributed by atoms with Crippen molar-refractivity contribution < 1.29 is 4.79 Å². The molecule has 72 valence electrons. The van der Waals surface area contributed by atoms with Crippen LogP contribution >= 0.6 is 0 Å². The van der Waals surface area contributed by atoms with Crippen molar-refractivity contribution in [2.24, 2.45) is 0 Å². The highest BCUT2D eigenvalue weighted by Crippen LogP contribution is 2.22. The molecule has 1 fully saturated rings. The van der Waals surface area contributed by atoms with Crippen LogP contribution < -0.4 is 5.32 Å². The van der Waals surface area contributed by atoms with Gasteiger partial charge in [0.1, 0.15) is 0 Å². The topological polar surface area (TPSA) is 29.1 Å². The van der Waals surface area contributed by atoms with Gasteiger partial charge >= 0.3 is 0 Å². The minimum absolute atomic E-state index is 0.130. The largest absolute Gasteiger partial charge is 0.349 e. The lowest BCUT2D eigenvalue weighted by atomic mass is 9.99. The van der Waals surface area contributed by atoms with Crippen molar-refractivity contribution >= 4 is 11.5 Å². The fourth-order valence-electron chi connectivity index (χ4n) is 1.73. The molecule has 14 heavy (non-hydrogen) atoms. The van der Waals surface area contributed by atoms with Crippen molar-refractivity contribution in [2.45, 2.75) is 18.9 Å². The summed E-state index contributed by atoms with van der Waals surface area (Å²) in [6.45, 7) is 4.03. The fraction of sp³-hybridized carbons (Fsp3) is 0.250. The molecule has 1 aliphatic heterocycles. The third-order valence-electron chi connectivity index (χ3n) is 2.56. The maximum atomic E-state index is 11.0. The van der Waals surface area contributed by atoms with Crippen molar-refractivity contribution in [3.05, 3.63) is 42.5 Å². The van der Waals surface area contributed by atoms with E-state index in [-0.39, 0.29) is 11.9 Å². The van der Waals surface area contributed by atoms with Gasteiger partial charge in [0.05, 0.1) is 6.04 Å². The van der Waals surface area contributed by atoms with Crippen LogP contribution in [-0.4, -0.2) is 11.9 Å². The Morgan fingerprint density at radius 3 is 2.64 bits per heavy atom. The average molecular weight is 187 g/mol. The molecule has 0 saturated carbocycles. The Hall–Kier alpha value is -1.57. The van der Waals surface area contributed by atoms with E-state index in [0.717, 1.165) is 17.6 Å².